The zero-order valence-electron chi connectivity index (χ0n) is 7.24. The van der Waals surface area contributed by atoms with Crippen LogP contribution in [0.25, 0.3) is 0 Å². The number of hydrogen-bond donors (Lipinski definition) is 2. The topological polar surface area (TPSA) is 74.6 Å². The predicted molar refractivity (Wildman–Crippen MR) is 44.7 cm³/mol. The molecule has 0 aliphatic rings. The lowest BCUT2D eigenvalue weighted by molar-refractivity contribution is -0.113. The van der Waals surface area contributed by atoms with E-state index in [1.807, 2.05) is 0 Å². The van der Waals surface area contributed by atoms with Gasteiger partial charge in [0.2, 0.25) is 5.78 Å². The van der Waals surface area contributed by atoms with Crippen LogP contribution in [0.2, 0.25) is 0 Å². The standard InChI is InChI=1S/C9H7FO4/c1-4(11)8(13)5-2-6(10)9(14)7(12)3-5/h2-3,12,14H,1H3. The summed E-state index contributed by atoms with van der Waals surface area (Å²) in [6.45, 7) is 1.03. The molecule has 0 aliphatic heterocycles. The molecule has 1 aromatic carbocycles. The van der Waals surface area contributed by atoms with Gasteiger partial charge in [0.25, 0.3) is 0 Å². The van der Waals surface area contributed by atoms with Gasteiger partial charge in [-0.15, -0.1) is 0 Å². The summed E-state index contributed by atoms with van der Waals surface area (Å²) in [6, 6.07) is 1.53. The van der Waals surface area contributed by atoms with Crippen molar-refractivity contribution in [1.29, 1.82) is 0 Å². The van der Waals surface area contributed by atoms with Gasteiger partial charge < -0.3 is 10.2 Å². The molecule has 5 heteroatoms. The van der Waals surface area contributed by atoms with Crippen molar-refractivity contribution >= 4 is 11.6 Å². The van der Waals surface area contributed by atoms with Crippen LogP contribution >= 0.6 is 0 Å². The van der Waals surface area contributed by atoms with Gasteiger partial charge in [0, 0.05) is 12.5 Å². The van der Waals surface area contributed by atoms with Crippen molar-refractivity contribution in [3.63, 3.8) is 0 Å². The largest absolute Gasteiger partial charge is 0.504 e. The summed E-state index contributed by atoms with van der Waals surface area (Å²) < 4.78 is 12.8. The lowest BCUT2D eigenvalue weighted by atomic mass is 10.1. The number of carbonyl (C=O) groups is 2. The zero-order chi connectivity index (χ0) is 10.9. The Balaban J connectivity index is 3.26. The Labute approximate surface area is 78.6 Å². The van der Waals surface area contributed by atoms with E-state index in [4.69, 9.17) is 10.2 Å². The summed E-state index contributed by atoms with van der Waals surface area (Å²) in [7, 11) is 0. The van der Waals surface area contributed by atoms with Crippen molar-refractivity contribution in [1.82, 2.24) is 0 Å². The Hall–Kier alpha value is -1.91. The predicted octanol–water partition coefficient (Wildman–Crippen LogP) is 1.01. The third kappa shape index (κ3) is 1.71. The average molecular weight is 198 g/mol. The Kier molecular flexibility index (Phi) is 2.51. The third-order valence-corrected chi connectivity index (χ3v) is 1.63. The van der Waals surface area contributed by atoms with Crippen LogP contribution in [0.5, 0.6) is 11.5 Å². The minimum atomic E-state index is -1.14. The summed E-state index contributed by atoms with van der Waals surface area (Å²) in [5, 5.41) is 17.8. The number of phenolic OH excluding ortho intramolecular Hbond substituents is 2. The molecule has 2 N–H and O–H groups in total. The Morgan fingerprint density at radius 3 is 2.29 bits per heavy atom. The van der Waals surface area contributed by atoms with Gasteiger partial charge in [-0.3, -0.25) is 9.59 Å². The normalized spacial score (nSPS) is 9.86. The van der Waals surface area contributed by atoms with Gasteiger partial charge in [-0.2, -0.15) is 0 Å². The van der Waals surface area contributed by atoms with Gasteiger partial charge in [-0.05, 0) is 12.1 Å². The van der Waals surface area contributed by atoms with Gasteiger partial charge in [0.15, 0.2) is 23.1 Å². The van der Waals surface area contributed by atoms with Crippen molar-refractivity contribution in [2.75, 3.05) is 0 Å². The summed E-state index contributed by atoms with van der Waals surface area (Å²) in [5.74, 6) is -4.54. The number of hydrogen-bond acceptors (Lipinski definition) is 4. The van der Waals surface area contributed by atoms with Gasteiger partial charge >= 0.3 is 0 Å². The first kappa shape index (κ1) is 10.2. The molecule has 0 aromatic heterocycles. The van der Waals surface area contributed by atoms with Crippen LogP contribution in [0.15, 0.2) is 12.1 Å². The summed E-state index contributed by atoms with van der Waals surface area (Å²) in [6.07, 6.45) is 0. The lowest BCUT2D eigenvalue weighted by Crippen LogP contribution is -2.09. The first-order valence-electron chi connectivity index (χ1n) is 3.70. The van der Waals surface area contributed by atoms with Gasteiger partial charge in [-0.1, -0.05) is 0 Å². The molecule has 0 saturated heterocycles. The van der Waals surface area contributed by atoms with Crippen LogP contribution in [0.1, 0.15) is 17.3 Å². The number of ketones is 2. The molecule has 4 nitrogen and oxygen atoms in total. The molecular formula is C9H7FO4. The fourth-order valence-corrected chi connectivity index (χ4v) is 0.919. The first-order chi connectivity index (χ1) is 6.43. The van der Waals surface area contributed by atoms with E-state index in [-0.39, 0.29) is 5.56 Å². The van der Waals surface area contributed by atoms with Crippen LogP contribution in [-0.2, 0) is 4.79 Å². The Morgan fingerprint density at radius 1 is 1.29 bits per heavy atom. The van der Waals surface area contributed by atoms with E-state index in [1.165, 1.54) is 0 Å². The SMILES string of the molecule is CC(=O)C(=O)c1cc(O)c(O)c(F)c1. The van der Waals surface area contributed by atoms with Gasteiger partial charge in [-0.25, -0.2) is 4.39 Å². The maximum Gasteiger partial charge on any atom is 0.228 e. The van der Waals surface area contributed by atoms with E-state index >= 15 is 0 Å². The maximum absolute atomic E-state index is 12.8. The Morgan fingerprint density at radius 2 is 1.86 bits per heavy atom. The molecule has 1 rings (SSSR count). The van der Waals surface area contributed by atoms with Crippen LogP contribution in [0, 0.1) is 5.82 Å². The monoisotopic (exact) mass is 198 g/mol. The average Bonchev–Trinajstić information content (AvgIpc) is 2.12. The molecule has 0 heterocycles. The second kappa shape index (κ2) is 3.45. The fourth-order valence-electron chi connectivity index (χ4n) is 0.919. The van der Waals surface area contributed by atoms with Crippen LogP contribution in [-0.4, -0.2) is 21.8 Å². The highest BCUT2D eigenvalue weighted by Crippen LogP contribution is 2.29. The number of carbonyl (C=O) groups excluding carboxylic acids is 2. The highest BCUT2D eigenvalue weighted by molar-refractivity contribution is 6.42. The number of benzene rings is 1. The summed E-state index contributed by atoms with van der Waals surface area (Å²) >= 11 is 0. The molecule has 0 spiro atoms. The van der Waals surface area contributed by atoms with Crippen LogP contribution < -0.4 is 0 Å². The number of rotatable bonds is 2. The van der Waals surface area contributed by atoms with Crippen molar-refractivity contribution in [3.8, 4) is 11.5 Å². The molecule has 1 aromatic rings. The fraction of sp³-hybridized carbons (Fsp3) is 0.111. The number of phenols is 2. The number of Topliss-reactive ketones (excluding diaryl/α,β-unsaturated/α-hetero) is 2. The number of halogens is 1. The molecule has 0 bridgehead atoms. The van der Waals surface area contributed by atoms with Crippen LogP contribution in [0.3, 0.4) is 0 Å². The summed E-state index contributed by atoms with van der Waals surface area (Å²) in [4.78, 5) is 21.7. The zero-order valence-corrected chi connectivity index (χ0v) is 7.24. The lowest BCUT2D eigenvalue weighted by Gasteiger charge is -2.01. The molecule has 74 valence electrons. The molecular weight excluding hydrogens is 191 g/mol. The van der Waals surface area contributed by atoms with Gasteiger partial charge in [0.1, 0.15) is 0 Å². The van der Waals surface area contributed by atoms with E-state index < -0.39 is 28.9 Å². The van der Waals surface area contributed by atoms with Crippen molar-refractivity contribution in [3.05, 3.63) is 23.5 Å². The first-order valence-corrected chi connectivity index (χ1v) is 3.70. The summed E-state index contributed by atoms with van der Waals surface area (Å²) in [5.41, 5.74) is -0.287. The van der Waals surface area contributed by atoms with E-state index in [2.05, 4.69) is 0 Å². The van der Waals surface area contributed by atoms with E-state index in [0.717, 1.165) is 13.0 Å². The molecule has 0 atom stereocenters. The minimum absolute atomic E-state index is 0.287. The molecule has 0 radical (unpaired) electrons. The van der Waals surface area contributed by atoms with E-state index in [0.29, 0.717) is 6.07 Å². The number of aromatic hydroxyl groups is 2. The van der Waals surface area contributed by atoms with E-state index in [1.54, 1.807) is 0 Å². The van der Waals surface area contributed by atoms with Crippen LogP contribution in [0.4, 0.5) is 4.39 Å². The van der Waals surface area contributed by atoms with E-state index in [9.17, 15) is 14.0 Å². The highest BCUT2D eigenvalue weighted by Gasteiger charge is 2.16. The molecule has 0 unspecified atom stereocenters. The minimum Gasteiger partial charge on any atom is -0.504 e. The quantitative estimate of drug-likeness (QED) is 0.422. The van der Waals surface area contributed by atoms with Crippen molar-refractivity contribution < 1.29 is 24.2 Å². The molecule has 14 heavy (non-hydrogen) atoms. The molecule has 0 fully saturated rings. The highest BCUT2D eigenvalue weighted by atomic mass is 19.1. The van der Waals surface area contributed by atoms with Crippen molar-refractivity contribution in [2.45, 2.75) is 6.92 Å². The van der Waals surface area contributed by atoms with Crippen molar-refractivity contribution in [2.24, 2.45) is 0 Å². The molecule has 0 aliphatic carbocycles. The Bertz CT molecular complexity index is 388. The third-order valence-electron chi connectivity index (χ3n) is 1.63. The maximum atomic E-state index is 12.8. The molecule has 0 saturated carbocycles. The second-order valence-electron chi connectivity index (χ2n) is 2.71. The second-order valence-corrected chi connectivity index (χ2v) is 2.71. The smallest absolute Gasteiger partial charge is 0.228 e. The molecule has 0 amide bonds. The van der Waals surface area contributed by atoms with Gasteiger partial charge in [0.05, 0.1) is 0 Å².